The number of hydrogen-bond acceptors (Lipinski definition) is 5. The van der Waals surface area contributed by atoms with Gasteiger partial charge in [-0.2, -0.15) is 0 Å². The Hall–Kier alpha value is -2.24. The average molecular weight is 362 g/mol. The van der Waals surface area contributed by atoms with Crippen LogP contribution in [0.2, 0.25) is 5.02 Å². The van der Waals surface area contributed by atoms with Crippen LogP contribution in [0, 0.1) is 0 Å². The van der Waals surface area contributed by atoms with Gasteiger partial charge in [0.05, 0.1) is 19.2 Å². The Morgan fingerprint density at radius 1 is 1.12 bits per heavy atom. The molecule has 0 aliphatic carbocycles. The van der Waals surface area contributed by atoms with E-state index in [4.69, 9.17) is 30.6 Å². The predicted octanol–water partition coefficient (Wildman–Crippen LogP) is 4.01. The lowest BCUT2D eigenvalue weighted by molar-refractivity contribution is 0.288. The molecule has 3 aromatic rings. The Morgan fingerprint density at radius 2 is 1.92 bits per heavy atom. The first-order valence-corrected chi connectivity index (χ1v) is 8.42. The zero-order valence-corrected chi connectivity index (χ0v) is 15.0. The number of nitrogens with zero attached hydrogens (tertiary/aromatic N) is 1. The summed E-state index contributed by atoms with van der Waals surface area (Å²) in [6.07, 6.45) is 1.91. The van der Waals surface area contributed by atoms with E-state index in [9.17, 15) is 0 Å². The predicted molar refractivity (Wildman–Crippen MR) is 96.8 cm³/mol. The van der Waals surface area contributed by atoms with Gasteiger partial charge in [-0.25, -0.2) is 4.98 Å². The summed E-state index contributed by atoms with van der Waals surface area (Å²) in [5.74, 6) is 1.93. The van der Waals surface area contributed by atoms with Crippen molar-refractivity contribution in [2.45, 2.75) is 19.3 Å². The molecule has 0 unspecified atom stereocenters. The minimum atomic E-state index is 0.136. The second-order valence-electron chi connectivity index (χ2n) is 5.69. The Morgan fingerprint density at radius 3 is 2.64 bits per heavy atom. The maximum atomic E-state index is 9.05. The fraction of sp³-hybridized carbons (Fsp3) is 0.316. The van der Waals surface area contributed by atoms with Gasteiger partial charge in [0.25, 0.3) is 0 Å². The van der Waals surface area contributed by atoms with E-state index in [2.05, 4.69) is 4.98 Å². The van der Waals surface area contributed by atoms with Gasteiger partial charge in [0.1, 0.15) is 5.52 Å². The van der Waals surface area contributed by atoms with Gasteiger partial charge in [-0.1, -0.05) is 23.7 Å². The second-order valence-corrected chi connectivity index (χ2v) is 6.09. The quantitative estimate of drug-likeness (QED) is 0.688. The number of hydrogen-bond donors (Lipinski definition) is 1. The monoisotopic (exact) mass is 361 g/mol. The van der Waals surface area contributed by atoms with E-state index in [0.717, 1.165) is 17.5 Å². The Kier molecular flexibility index (Phi) is 5.46. The molecule has 0 bridgehead atoms. The zero-order valence-electron chi connectivity index (χ0n) is 14.2. The highest BCUT2D eigenvalue weighted by molar-refractivity contribution is 6.34. The van der Waals surface area contributed by atoms with E-state index in [1.807, 2.05) is 30.3 Å². The number of benzene rings is 2. The van der Waals surface area contributed by atoms with Crippen LogP contribution in [0.4, 0.5) is 0 Å². The van der Waals surface area contributed by atoms with Gasteiger partial charge in [0, 0.05) is 13.0 Å². The Labute approximate surface area is 151 Å². The molecular weight excluding hydrogens is 342 g/mol. The van der Waals surface area contributed by atoms with Crippen molar-refractivity contribution in [3.05, 3.63) is 52.4 Å². The number of oxazole rings is 1. The molecule has 0 saturated carbocycles. The van der Waals surface area contributed by atoms with Gasteiger partial charge >= 0.3 is 0 Å². The highest BCUT2D eigenvalue weighted by atomic mass is 35.5. The number of methoxy groups -OCH3 is 2. The topological polar surface area (TPSA) is 64.7 Å². The molecule has 0 fully saturated rings. The van der Waals surface area contributed by atoms with Crippen LogP contribution in [0.25, 0.3) is 11.1 Å². The molecule has 0 radical (unpaired) electrons. The van der Waals surface area contributed by atoms with Crippen LogP contribution >= 0.6 is 11.6 Å². The maximum absolute atomic E-state index is 9.05. The van der Waals surface area contributed by atoms with Crippen LogP contribution in [-0.4, -0.2) is 30.9 Å². The first kappa shape index (κ1) is 17.6. The molecule has 6 heteroatoms. The summed E-state index contributed by atoms with van der Waals surface area (Å²) in [6.45, 7) is 0.136. The number of aliphatic hydroxyl groups excluding tert-OH is 1. The van der Waals surface area contributed by atoms with Crippen LogP contribution in [-0.2, 0) is 12.8 Å². The lowest BCUT2D eigenvalue weighted by Gasteiger charge is -2.08. The molecule has 2 aromatic carbocycles. The van der Waals surface area contributed by atoms with Crippen molar-refractivity contribution in [2.24, 2.45) is 0 Å². The summed E-state index contributed by atoms with van der Waals surface area (Å²) in [5, 5.41) is 9.61. The minimum absolute atomic E-state index is 0.136. The van der Waals surface area contributed by atoms with Gasteiger partial charge < -0.3 is 19.0 Å². The van der Waals surface area contributed by atoms with Crippen molar-refractivity contribution in [1.82, 2.24) is 4.98 Å². The molecule has 3 rings (SSSR count). The number of aromatic nitrogens is 1. The van der Waals surface area contributed by atoms with Crippen molar-refractivity contribution in [1.29, 1.82) is 0 Å². The summed E-state index contributed by atoms with van der Waals surface area (Å²) in [6, 6.07) is 9.45. The molecule has 0 aliphatic rings. The third-order valence-corrected chi connectivity index (χ3v) is 4.33. The van der Waals surface area contributed by atoms with Crippen LogP contribution in [0.3, 0.4) is 0 Å². The van der Waals surface area contributed by atoms with E-state index in [-0.39, 0.29) is 6.61 Å². The molecule has 1 aromatic heterocycles. The van der Waals surface area contributed by atoms with Gasteiger partial charge in [0.2, 0.25) is 0 Å². The lowest BCUT2D eigenvalue weighted by atomic mass is 10.1. The summed E-state index contributed by atoms with van der Waals surface area (Å²) in [5.41, 5.74) is 3.35. The van der Waals surface area contributed by atoms with Crippen molar-refractivity contribution in [3.8, 4) is 11.5 Å². The number of rotatable bonds is 7. The number of ether oxygens (including phenoxy) is 2. The van der Waals surface area contributed by atoms with E-state index in [0.29, 0.717) is 46.4 Å². The third-order valence-electron chi connectivity index (χ3n) is 4.03. The largest absolute Gasteiger partial charge is 0.493 e. The van der Waals surface area contributed by atoms with Crippen LogP contribution in [0.5, 0.6) is 11.5 Å². The Balaban J connectivity index is 1.93. The molecular formula is C19H20ClNO4. The zero-order chi connectivity index (χ0) is 17.8. The standard InChI is InChI=1S/C19H20ClNO4/c1-23-15-8-5-12(10-16(15)24-2)11-17-21-18-14(20)7-6-13(4-3-9-22)19(18)25-17/h5-8,10,22H,3-4,9,11H2,1-2H3. The molecule has 132 valence electrons. The summed E-state index contributed by atoms with van der Waals surface area (Å²) in [7, 11) is 3.21. The number of aliphatic hydroxyl groups is 1. The smallest absolute Gasteiger partial charge is 0.199 e. The van der Waals surface area contributed by atoms with Crippen LogP contribution in [0.15, 0.2) is 34.7 Å². The molecule has 1 N–H and O–H groups in total. The van der Waals surface area contributed by atoms with Gasteiger partial charge in [-0.05, 0) is 42.2 Å². The van der Waals surface area contributed by atoms with Crippen LogP contribution in [0.1, 0.15) is 23.4 Å². The highest BCUT2D eigenvalue weighted by Gasteiger charge is 2.14. The number of halogens is 1. The third kappa shape index (κ3) is 3.72. The van der Waals surface area contributed by atoms with E-state index in [1.54, 1.807) is 14.2 Å². The van der Waals surface area contributed by atoms with E-state index >= 15 is 0 Å². The molecule has 5 nitrogen and oxygen atoms in total. The summed E-state index contributed by atoms with van der Waals surface area (Å²) >= 11 is 6.26. The highest BCUT2D eigenvalue weighted by Crippen LogP contribution is 2.31. The molecule has 1 heterocycles. The van der Waals surface area contributed by atoms with Crippen molar-refractivity contribution in [2.75, 3.05) is 20.8 Å². The number of fused-ring (bicyclic) bond motifs is 1. The van der Waals surface area contributed by atoms with E-state index < -0.39 is 0 Å². The average Bonchev–Trinajstić information content (AvgIpc) is 3.05. The molecule has 0 spiro atoms. The molecule has 0 saturated heterocycles. The van der Waals surface area contributed by atoms with Crippen molar-refractivity contribution < 1.29 is 19.0 Å². The molecule has 0 amide bonds. The Bertz CT molecular complexity index is 875. The van der Waals surface area contributed by atoms with E-state index in [1.165, 1.54) is 0 Å². The second kappa shape index (κ2) is 7.76. The number of aryl methyl sites for hydroxylation is 1. The van der Waals surface area contributed by atoms with Gasteiger partial charge in [0.15, 0.2) is 23.0 Å². The first-order chi connectivity index (χ1) is 12.2. The van der Waals surface area contributed by atoms with Crippen molar-refractivity contribution in [3.63, 3.8) is 0 Å². The first-order valence-electron chi connectivity index (χ1n) is 8.04. The minimum Gasteiger partial charge on any atom is -0.493 e. The molecule has 25 heavy (non-hydrogen) atoms. The van der Waals surface area contributed by atoms with Crippen LogP contribution < -0.4 is 9.47 Å². The lowest BCUT2D eigenvalue weighted by Crippen LogP contribution is -1.93. The normalized spacial score (nSPS) is 11.0. The molecule has 0 atom stereocenters. The summed E-state index contributed by atoms with van der Waals surface area (Å²) < 4.78 is 16.6. The fourth-order valence-corrected chi connectivity index (χ4v) is 2.97. The SMILES string of the molecule is COc1ccc(Cc2nc3c(Cl)ccc(CCCO)c3o2)cc1OC. The van der Waals surface area contributed by atoms with Crippen molar-refractivity contribution >= 4 is 22.7 Å². The molecule has 0 aliphatic heterocycles. The summed E-state index contributed by atoms with van der Waals surface area (Å²) in [4.78, 5) is 4.54. The maximum Gasteiger partial charge on any atom is 0.199 e. The van der Waals surface area contributed by atoms with Gasteiger partial charge in [-0.15, -0.1) is 0 Å². The van der Waals surface area contributed by atoms with Gasteiger partial charge in [-0.3, -0.25) is 0 Å². The fourth-order valence-electron chi connectivity index (χ4n) is 2.78.